The van der Waals surface area contributed by atoms with E-state index in [1.807, 2.05) is 6.20 Å². The third-order valence-corrected chi connectivity index (χ3v) is 4.18. The van der Waals surface area contributed by atoms with Gasteiger partial charge in [-0.15, -0.1) is 0 Å². The Kier molecular flexibility index (Phi) is 7.09. The van der Waals surface area contributed by atoms with Crippen molar-refractivity contribution in [3.8, 4) is 0 Å². The lowest BCUT2D eigenvalue weighted by atomic mass is 9.94. The maximum atomic E-state index is 5.79. The van der Waals surface area contributed by atoms with Gasteiger partial charge in [0.2, 0.25) is 5.89 Å². The molecular weight excluding hydrogens is 302 g/mol. The molecule has 0 aliphatic carbocycles. The molecule has 0 bridgehead atoms. The van der Waals surface area contributed by atoms with E-state index < -0.39 is 0 Å². The van der Waals surface area contributed by atoms with Crippen molar-refractivity contribution in [1.82, 2.24) is 20.5 Å². The summed E-state index contributed by atoms with van der Waals surface area (Å²) in [5, 5.41) is 6.68. The molecule has 0 unspecified atom stereocenters. The second-order valence-corrected chi connectivity index (χ2v) is 7.39. The van der Waals surface area contributed by atoms with Crippen molar-refractivity contribution in [1.29, 1.82) is 0 Å². The van der Waals surface area contributed by atoms with Gasteiger partial charge in [0.05, 0.1) is 6.20 Å². The van der Waals surface area contributed by atoms with E-state index in [4.69, 9.17) is 4.42 Å². The SMILES string of the molecule is CCNC(=NCc1ncc(C(C)(C)C)o1)NCCN1CCCCC1. The Morgan fingerprint density at radius 2 is 2.00 bits per heavy atom. The molecule has 1 aliphatic heterocycles. The number of aromatic nitrogens is 1. The second-order valence-electron chi connectivity index (χ2n) is 7.39. The van der Waals surface area contributed by atoms with E-state index in [0.29, 0.717) is 12.4 Å². The maximum absolute atomic E-state index is 5.79. The Morgan fingerprint density at radius 3 is 2.62 bits per heavy atom. The van der Waals surface area contributed by atoms with Gasteiger partial charge < -0.3 is 20.0 Å². The summed E-state index contributed by atoms with van der Waals surface area (Å²) in [6, 6.07) is 0. The van der Waals surface area contributed by atoms with Crippen LogP contribution in [-0.2, 0) is 12.0 Å². The fraction of sp³-hybridized carbons (Fsp3) is 0.778. The van der Waals surface area contributed by atoms with Gasteiger partial charge in [-0.2, -0.15) is 0 Å². The van der Waals surface area contributed by atoms with Crippen LogP contribution in [0.15, 0.2) is 15.6 Å². The molecule has 0 aromatic carbocycles. The highest BCUT2D eigenvalue weighted by Gasteiger charge is 2.19. The first-order valence-corrected chi connectivity index (χ1v) is 9.19. The standard InChI is InChI=1S/C18H33N5O/c1-5-19-17(20-9-12-23-10-7-6-8-11-23)22-14-16-21-13-15(24-16)18(2,3)4/h13H,5-12,14H2,1-4H3,(H2,19,20,22). The van der Waals surface area contributed by atoms with Crippen molar-refractivity contribution in [2.45, 2.75) is 58.9 Å². The Morgan fingerprint density at radius 1 is 1.25 bits per heavy atom. The molecule has 1 aromatic heterocycles. The summed E-state index contributed by atoms with van der Waals surface area (Å²) in [6.45, 7) is 14.1. The summed E-state index contributed by atoms with van der Waals surface area (Å²) in [7, 11) is 0. The lowest BCUT2D eigenvalue weighted by Crippen LogP contribution is -2.42. The topological polar surface area (TPSA) is 65.7 Å². The van der Waals surface area contributed by atoms with Crippen LogP contribution in [0.3, 0.4) is 0 Å². The van der Waals surface area contributed by atoms with E-state index in [1.54, 1.807) is 0 Å². The van der Waals surface area contributed by atoms with Crippen LogP contribution < -0.4 is 10.6 Å². The number of hydrogen-bond donors (Lipinski definition) is 2. The van der Waals surface area contributed by atoms with Crippen molar-refractivity contribution >= 4 is 5.96 Å². The maximum Gasteiger partial charge on any atom is 0.216 e. The van der Waals surface area contributed by atoms with E-state index in [-0.39, 0.29) is 5.41 Å². The van der Waals surface area contributed by atoms with Gasteiger partial charge in [0.15, 0.2) is 5.96 Å². The van der Waals surface area contributed by atoms with Crippen LogP contribution in [0.5, 0.6) is 0 Å². The lowest BCUT2D eigenvalue weighted by molar-refractivity contribution is 0.232. The first-order chi connectivity index (χ1) is 11.5. The minimum atomic E-state index is -0.0217. The zero-order valence-corrected chi connectivity index (χ0v) is 15.7. The molecule has 2 N–H and O–H groups in total. The molecule has 6 nitrogen and oxygen atoms in total. The van der Waals surface area contributed by atoms with E-state index in [2.05, 4.69) is 53.2 Å². The zero-order chi connectivity index (χ0) is 17.4. The van der Waals surface area contributed by atoms with Gasteiger partial charge in [-0.25, -0.2) is 9.98 Å². The number of nitrogens with zero attached hydrogens (tertiary/aromatic N) is 3. The molecule has 1 aromatic rings. The van der Waals surface area contributed by atoms with E-state index in [1.165, 1.54) is 32.4 Å². The largest absolute Gasteiger partial charge is 0.443 e. The second kappa shape index (κ2) is 9.06. The number of nitrogens with one attached hydrogen (secondary N) is 2. The third-order valence-electron chi connectivity index (χ3n) is 4.18. The minimum Gasteiger partial charge on any atom is -0.443 e. The Balaban J connectivity index is 1.82. The van der Waals surface area contributed by atoms with Crippen molar-refractivity contribution in [3.63, 3.8) is 0 Å². The minimum absolute atomic E-state index is 0.0217. The highest BCUT2D eigenvalue weighted by atomic mass is 16.4. The summed E-state index contributed by atoms with van der Waals surface area (Å²) in [4.78, 5) is 11.4. The number of guanidine groups is 1. The Bertz CT molecular complexity index is 512. The van der Waals surface area contributed by atoms with E-state index in [9.17, 15) is 0 Å². The quantitative estimate of drug-likeness (QED) is 0.618. The molecule has 1 aliphatic rings. The number of piperidine rings is 1. The van der Waals surface area contributed by atoms with Gasteiger partial charge in [-0.1, -0.05) is 27.2 Å². The molecule has 2 heterocycles. The molecule has 2 rings (SSSR count). The molecule has 0 amide bonds. The van der Waals surface area contributed by atoms with E-state index >= 15 is 0 Å². The normalized spacial score (nSPS) is 17.1. The number of oxazole rings is 1. The van der Waals surface area contributed by atoms with Crippen LogP contribution >= 0.6 is 0 Å². The molecule has 0 saturated carbocycles. The fourth-order valence-electron chi connectivity index (χ4n) is 2.73. The zero-order valence-electron chi connectivity index (χ0n) is 15.7. The molecule has 6 heteroatoms. The summed E-state index contributed by atoms with van der Waals surface area (Å²) >= 11 is 0. The average molecular weight is 335 g/mol. The summed E-state index contributed by atoms with van der Waals surface area (Å²) < 4.78 is 5.79. The van der Waals surface area contributed by atoms with Gasteiger partial charge in [0.1, 0.15) is 12.3 Å². The molecule has 0 spiro atoms. The first kappa shape index (κ1) is 18.8. The van der Waals surface area contributed by atoms with Crippen molar-refractivity contribution in [2.75, 3.05) is 32.7 Å². The predicted octanol–water partition coefficient (Wildman–Crippen LogP) is 2.51. The molecule has 0 atom stereocenters. The average Bonchev–Trinajstić information content (AvgIpc) is 3.03. The summed E-state index contributed by atoms with van der Waals surface area (Å²) in [5.74, 6) is 2.38. The molecule has 136 valence electrons. The molecular formula is C18H33N5O. The summed E-state index contributed by atoms with van der Waals surface area (Å²) in [6.07, 6.45) is 5.84. The third kappa shape index (κ3) is 6.15. The van der Waals surface area contributed by atoms with Crippen LogP contribution in [0.2, 0.25) is 0 Å². The highest BCUT2D eigenvalue weighted by molar-refractivity contribution is 5.79. The first-order valence-electron chi connectivity index (χ1n) is 9.19. The van der Waals surface area contributed by atoms with Crippen LogP contribution in [0, 0.1) is 0 Å². The molecule has 1 saturated heterocycles. The van der Waals surface area contributed by atoms with Crippen LogP contribution in [0.1, 0.15) is 58.6 Å². The molecule has 1 fully saturated rings. The van der Waals surface area contributed by atoms with Crippen LogP contribution in [-0.4, -0.2) is 48.6 Å². The lowest BCUT2D eigenvalue weighted by Gasteiger charge is -2.26. The Labute approximate surface area is 146 Å². The number of aliphatic imine (C=N–C) groups is 1. The Hall–Kier alpha value is -1.56. The van der Waals surface area contributed by atoms with Crippen molar-refractivity contribution in [3.05, 3.63) is 17.8 Å². The fourth-order valence-corrected chi connectivity index (χ4v) is 2.73. The van der Waals surface area contributed by atoms with Gasteiger partial charge in [0, 0.05) is 25.0 Å². The smallest absolute Gasteiger partial charge is 0.216 e. The van der Waals surface area contributed by atoms with Crippen LogP contribution in [0.4, 0.5) is 0 Å². The number of hydrogen-bond acceptors (Lipinski definition) is 4. The van der Waals surface area contributed by atoms with Crippen LogP contribution in [0.25, 0.3) is 0 Å². The van der Waals surface area contributed by atoms with Crippen molar-refractivity contribution in [2.24, 2.45) is 4.99 Å². The van der Waals surface area contributed by atoms with Gasteiger partial charge in [0.25, 0.3) is 0 Å². The number of rotatable bonds is 6. The van der Waals surface area contributed by atoms with Crippen molar-refractivity contribution < 1.29 is 4.42 Å². The van der Waals surface area contributed by atoms with Gasteiger partial charge >= 0.3 is 0 Å². The predicted molar refractivity (Wildman–Crippen MR) is 98.3 cm³/mol. The van der Waals surface area contributed by atoms with Gasteiger partial charge in [-0.05, 0) is 32.9 Å². The molecule has 24 heavy (non-hydrogen) atoms. The number of likely N-dealkylation sites (tertiary alicyclic amines) is 1. The molecule has 0 radical (unpaired) electrons. The van der Waals surface area contributed by atoms with E-state index in [0.717, 1.165) is 31.4 Å². The monoisotopic (exact) mass is 335 g/mol. The summed E-state index contributed by atoms with van der Waals surface area (Å²) in [5.41, 5.74) is -0.0217. The van der Waals surface area contributed by atoms with Gasteiger partial charge in [-0.3, -0.25) is 0 Å². The highest BCUT2D eigenvalue weighted by Crippen LogP contribution is 2.22.